The Balaban J connectivity index is 2.50. The van der Waals surface area contributed by atoms with Crippen LogP contribution in [0.5, 0.6) is 0 Å². The summed E-state index contributed by atoms with van der Waals surface area (Å²) in [5.74, 6) is -0.627. The fraction of sp³-hybridized carbons (Fsp3) is 0.800. The Hall–Kier alpha value is -1.06. The van der Waals surface area contributed by atoms with Crippen LogP contribution in [0.4, 0.5) is 0 Å². The first-order valence-corrected chi connectivity index (χ1v) is 4.83. The number of aliphatic carboxylic acids is 1. The highest BCUT2D eigenvalue weighted by molar-refractivity contribution is 5.73. The summed E-state index contributed by atoms with van der Waals surface area (Å²) >= 11 is 0. The van der Waals surface area contributed by atoms with Crippen LogP contribution < -0.4 is 5.32 Å². The molecule has 0 aliphatic heterocycles. The fourth-order valence-electron chi connectivity index (χ4n) is 2.06. The van der Waals surface area contributed by atoms with Crippen LogP contribution in [0.25, 0.3) is 0 Å². The highest BCUT2D eigenvalue weighted by Gasteiger charge is 2.48. The third-order valence-electron chi connectivity index (χ3n) is 3.27. The monoisotopic (exact) mass is 199 g/mol. The second kappa shape index (κ2) is 3.59. The van der Waals surface area contributed by atoms with E-state index in [1.165, 1.54) is 6.92 Å². The van der Waals surface area contributed by atoms with E-state index in [9.17, 15) is 9.59 Å². The van der Waals surface area contributed by atoms with Crippen molar-refractivity contribution in [3.05, 3.63) is 0 Å². The molecule has 2 N–H and O–H groups in total. The summed E-state index contributed by atoms with van der Waals surface area (Å²) in [6.07, 6.45) is 0.974. The van der Waals surface area contributed by atoms with Gasteiger partial charge in [0.05, 0.1) is 0 Å². The van der Waals surface area contributed by atoms with Gasteiger partial charge in [0, 0.05) is 19.4 Å². The predicted molar refractivity (Wildman–Crippen MR) is 51.7 cm³/mol. The molecule has 4 nitrogen and oxygen atoms in total. The third-order valence-corrected chi connectivity index (χ3v) is 3.27. The maximum Gasteiger partial charge on any atom is 0.303 e. The summed E-state index contributed by atoms with van der Waals surface area (Å²) < 4.78 is 0. The molecule has 0 aromatic rings. The van der Waals surface area contributed by atoms with Gasteiger partial charge >= 0.3 is 5.97 Å². The van der Waals surface area contributed by atoms with Crippen molar-refractivity contribution in [3.63, 3.8) is 0 Å². The van der Waals surface area contributed by atoms with Gasteiger partial charge in [0.25, 0.3) is 0 Å². The topological polar surface area (TPSA) is 66.4 Å². The Morgan fingerprint density at radius 2 is 2.07 bits per heavy atom. The van der Waals surface area contributed by atoms with E-state index in [2.05, 4.69) is 5.32 Å². The van der Waals surface area contributed by atoms with Crippen LogP contribution in [0.3, 0.4) is 0 Å². The van der Waals surface area contributed by atoms with Gasteiger partial charge in [0.15, 0.2) is 0 Å². The van der Waals surface area contributed by atoms with Crippen LogP contribution >= 0.6 is 0 Å². The summed E-state index contributed by atoms with van der Waals surface area (Å²) in [7, 11) is 0. The molecule has 1 amide bonds. The molecule has 14 heavy (non-hydrogen) atoms. The Morgan fingerprint density at radius 1 is 1.50 bits per heavy atom. The molecule has 4 heteroatoms. The minimum absolute atomic E-state index is 0.0446. The largest absolute Gasteiger partial charge is 0.481 e. The zero-order valence-electron chi connectivity index (χ0n) is 8.83. The molecule has 0 radical (unpaired) electrons. The Labute approximate surface area is 83.7 Å². The van der Waals surface area contributed by atoms with E-state index in [0.29, 0.717) is 0 Å². The first kappa shape index (κ1) is 11.0. The van der Waals surface area contributed by atoms with E-state index >= 15 is 0 Å². The second-order valence-corrected chi connectivity index (χ2v) is 4.60. The van der Waals surface area contributed by atoms with Gasteiger partial charge in [-0.2, -0.15) is 0 Å². The highest BCUT2D eigenvalue weighted by atomic mass is 16.4. The molecule has 0 aromatic carbocycles. The number of carboxylic acid groups (broad SMARTS) is 1. The number of carbonyl (C=O) groups is 2. The number of nitrogens with one attached hydrogen (secondary N) is 1. The van der Waals surface area contributed by atoms with Crippen LogP contribution in [0.2, 0.25) is 0 Å². The van der Waals surface area contributed by atoms with Gasteiger partial charge in [-0.25, -0.2) is 0 Å². The predicted octanol–water partition coefficient (Wildman–Crippen LogP) is 1.01. The van der Waals surface area contributed by atoms with E-state index in [4.69, 9.17) is 5.11 Å². The van der Waals surface area contributed by atoms with Gasteiger partial charge in [-0.15, -0.1) is 0 Å². The number of amides is 1. The van der Waals surface area contributed by atoms with Gasteiger partial charge in [-0.05, 0) is 17.8 Å². The molecule has 0 heterocycles. The minimum atomic E-state index is -0.760. The number of rotatable bonds is 3. The lowest BCUT2D eigenvalue weighted by molar-refractivity contribution is -0.142. The van der Waals surface area contributed by atoms with Gasteiger partial charge in [-0.1, -0.05) is 13.8 Å². The summed E-state index contributed by atoms with van der Waals surface area (Å²) in [5, 5.41) is 11.5. The first-order valence-electron chi connectivity index (χ1n) is 4.83. The molecule has 80 valence electrons. The second-order valence-electron chi connectivity index (χ2n) is 4.60. The Morgan fingerprint density at radius 3 is 2.43 bits per heavy atom. The molecule has 0 saturated heterocycles. The molecule has 0 spiro atoms. The van der Waals surface area contributed by atoms with Gasteiger partial charge in [-0.3, -0.25) is 9.59 Å². The Bertz CT molecular complexity index is 236. The lowest BCUT2D eigenvalue weighted by atomic mass is 9.57. The molecule has 0 unspecified atom stereocenters. The van der Waals surface area contributed by atoms with E-state index < -0.39 is 5.97 Å². The summed E-state index contributed by atoms with van der Waals surface area (Å²) in [5.41, 5.74) is -0.0932. The smallest absolute Gasteiger partial charge is 0.303 e. The molecule has 1 rings (SSSR count). The maximum absolute atomic E-state index is 10.8. The van der Waals surface area contributed by atoms with Crippen LogP contribution in [-0.4, -0.2) is 23.0 Å². The lowest BCUT2D eigenvalue weighted by Crippen LogP contribution is -2.58. The lowest BCUT2D eigenvalue weighted by Gasteiger charge is -2.51. The zero-order chi connectivity index (χ0) is 10.9. The zero-order valence-corrected chi connectivity index (χ0v) is 8.83. The molecular weight excluding hydrogens is 182 g/mol. The van der Waals surface area contributed by atoms with Crippen molar-refractivity contribution >= 4 is 11.9 Å². The standard InChI is InChI=1S/C10H17NO3/c1-6(12)11-8-4-7(5-9(13)14)10(8,2)3/h7-8H,4-5H2,1-3H3,(H,11,12)(H,13,14)/t7-,8+/m1/s1. The van der Waals surface area contributed by atoms with Gasteiger partial charge in [0.1, 0.15) is 0 Å². The van der Waals surface area contributed by atoms with Crippen molar-refractivity contribution in [2.45, 2.75) is 39.7 Å². The summed E-state index contributed by atoms with van der Waals surface area (Å²) in [6, 6.07) is 0.129. The van der Waals surface area contributed by atoms with Crippen molar-refractivity contribution < 1.29 is 14.7 Å². The van der Waals surface area contributed by atoms with Crippen molar-refractivity contribution in [3.8, 4) is 0 Å². The summed E-state index contributed by atoms with van der Waals surface area (Å²) in [6.45, 7) is 5.50. The molecule has 1 aliphatic rings. The molecule has 1 saturated carbocycles. The normalized spacial score (nSPS) is 29.1. The van der Waals surface area contributed by atoms with Crippen LogP contribution in [0, 0.1) is 11.3 Å². The van der Waals surface area contributed by atoms with E-state index in [1.807, 2.05) is 13.8 Å². The molecule has 1 fully saturated rings. The van der Waals surface area contributed by atoms with Crippen LogP contribution in [0.15, 0.2) is 0 Å². The van der Waals surface area contributed by atoms with E-state index in [0.717, 1.165) is 6.42 Å². The van der Waals surface area contributed by atoms with Crippen molar-refractivity contribution in [1.29, 1.82) is 0 Å². The van der Waals surface area contributed by atoms with Crippen molar-refractivity contribution in [2.24, 2.45) is 11.3 Å². The van der Waals surface area contributed by atoms with E-state index in [-0.39, 0.29) is 29.7 Å². The summed E-state index contributed by atoms with van der Waals surface area (Å²) in [4.78, 5) is 21.4. The number of carboxylic acids is 1. The van der Waals surface area contributed by atoms with Gasteiger partial charge in [0.2, 0.25) is 5.91 Å². The maximum atomic E-state index is 10.8. The Kier molecular flexibility index (Phi) is 2.83. The SMILES string of the molecule is CC(=O)N[C@H]1C[C@H](CC(=O)O)C1(C)C. The van der Waals surface area contributed by atoms with E-state index in [1.54, 1.807) is 0 Å². The quantitative estimate of drug-likeness (QED) is 0.713. The molecule has 1 aliphatic carbocycles. The molecule has 0 bridgehead atoms. The average Bonchev–Trinajstić information content (AvgIpc) is 2.01. The number of hydrogen-bond acceptors (Lipinski definition) is 2. The van der Waals surface area contributed by atoms with Crippen molar-refractivity contribution in [2.75, 3.05) is 0 Å². The highest BCUT2D eigenvalue weighted by Crippen LogP contribution is 2.47. The average molecular weight is 199 g/mol. The number of carbonyl (C=O) groups excluding carboxylic acids is 1. The van der Waals surface area contributed by atoms with Gasteiger partial charge < -0.3 is 10.4 Å². The molecule has 0 aromatic heterocycles. The molecular formula is C10H17NO3. The van der Waals surface area contributed by atoms with Crippen LogP contribution in [-0.2, 0) is 9.59 Å². The minimum Gasteiger partial charge on any atom is -0.481 e. The molecule has 2 atom stereocenters. The first-order chi connectivity index (χ1) is 6.34. The van der Waals surface area contributed by atoms with Crippen molar-refractivity contribution in [1.82, 2.24) is 5.32 Å². The number of hydrogen-bond donors (Lipinski definition) is 2. The third kappa shape index (κ3) is 2.05. The van der Waals surface area contributed by atoms with Crippen LogP contribution in [0.1, 0.15) is 33.6 Å². The fourth-order valence-corrected chi connectivity index (χ4v) is 2.06.